The number of rotatable bonds is 3. The predicted molar refractivity (Wildman–Crippen MR) is 97.6 cm³/mol. The van der Waals surface area contributed by atoms with Crippen LogP contribution >= 0.6 is 12.2 Å². The molecule has 0 bridgehead atoms. The third-order valence-corrected chi connectivity index (χ3v) is 4.33. The molecule has 0 aliphatic carbocycles. The van der Waals surface area contributed by atoms with E-state index < -0.39 is 23.7 Å². The summed E-state index contributed by atoms with van der Waals surface area (Å²) in [5, 5.41) is 2.78. The largest absolute Gasteiger partial charge is 0.432 e. The van der Waals surface area contributed by atoms with Gasteiger partial charge in [-0.05, 0) is 36.8 Å². The number of para-hydroxylation sites is 1. The molecule has 1 atom stereocenters. The van der Waals surface area contributed by atoms with E-state index in [-0.39, 0.29) is 16.4 Å². The van der Waals surface area contributed by atoms with E-state index in [1.54, 1.807) is 48.5 Å². The Bertz CT molecular complexity index is 863. The quantitative estimate of drug-likeness (QED) is 0.798. The third-order valence-electron chi connectivity index (χ3n) is 4.03. The number of halogens is 3. The van der Waals surface area contributed by atoms with Crippen molar-refractivity contribution in [3.8, 4) is 0 Å². The Balaban J connectivity index is 2.28. The van der Waals surface area contributed by atoms with E-state index in [1.165, 1.54) is 12.1 Å². The van der Waals surface area contributed by atoms with Gasteiger partial charge in [0.2, 0.25) is 0 Å². The monoisotopic (exact) mass is 376 g/mol. The minimum Gasteiger partial charge on any atom is -0.351 e. The Morgan fingerprint density at radius 3 is 2.08 bits per heavy atom. The van der Waals surface area contributed by atoms with E-state index in [0.717, 1.165) is 11.8 Å². The molecule has 0 radical (unpaired) electrons. The summed E-state index contributed by atoms with van der Waals surface area (Å²) in [4.78, 5) is 13.1. The molecule has 1 heterocycles. The van der Waals surface area contributed by atoms with Gasteiger partial charge in [-0.25, -0.2) is 0 Å². The molecule has 1 N–H and O–H groups in total. The van der Waals surface area contributed by atoms with Crippen LogP contribution in [0, 0.1) is 0 Å². The number of carbonyl (C=O) groups is 1. The molecule has 3 nitrogen and oxygen atoms in total. The highest BCUT2D eigenvalue weighted by molar-refractivity contribution is 7.80. The maximum Gasteiger partial charge on any atom is 0.432 e. The molecule has 0 amide bonds. The lowest BCUT2D eigenvalue weighted by molar-refractivity contribution is -0.116. The summed E-state index contributed by atoms with van der Waals surface area (Å²) in [7, 11) is 0. The molecule has 134 valence electrons. The van der Waals surface area contributed by atoms with Crippen LogP contribution in [-0.4, -0.2) is 17.1 Å². The number of anilines is 1. The zero-order chi connectivity index (χ0) is 18.9. The maximum atomic E-state index is 14.0. The zero-order valence-corrected chi connectivity index (χ0v) is 14.6. The standard InChI is InChI=1S/C19H15F3N2OS/c1-12(25)15-16(13-8-4-2-5-9-13)23-18(26)24(17(15)19(20,21)22)14-10-6-3-7-11-14/h2-11,16H,1H3,(H,23,26)/t16-/m0/s1. The minimum atomic E-state index is -4.75. The maximum absolute atomic E-state index is 14.0. The predicted octanol–water partition coefficient (Wildman–Crippen LogP) is 4.53. The topological polar surface area (TPSA) is 32.3 Å². The van der Waals surface area contributed by atoms with Gasteiger partial charge in [0.15, 0.2) is 10.9 Å². The number of nitrogens with one attached hydrogen (secondary N) is 1. The van der Waals surface area contributed by atoms with Crippen LogP contribution in [0.5, 0.6) is 0 Å². The van der Waals surface area contributed by atoms with E-state index in [4.69, 9.17) is 12.2 Å². The number of allylic oxidation sites excluding steroid dienone is 1. The van der Waals surface area contributed by atoms with E-state index in [1.807, 2.05) is 0 Å². The molecular weight excluding hydrogens is 361 g/mol. The Morgan fingerprint density at radius 2 is 1.58 bits per heavy atom. The van der Waals surface area contributed by atoms with Gasteiger partial charge in [0.05, 0.1) is 11.6 Å². The van der Waals surface area contributed by atoms with Gasteiger partial charge in [0, 0.05) is 5.69 Å². The molecule has 0 saturated carbocycles. The number of carbonyl (C=O) groups excluding carboxylic acids is 1. The van der Waals surface area contributed by atoms with Crippen LogP contribution in [0.15, 0.2) is 71.9 Å². The first-order chi connectivity index (χ1) is 12.3. The molecule has 7 heteroatoms. The van der Waals surface area contributed by atoms with Crippen molar-refractivity contribution in [2.45, 2.75) is 19.1 Å². The molecule has 1 aliphatic heterocycles. The van der Waals surface area contributed by atoms with Crippen LogP contribution in [0.1, 0.15) is 18.5 Å². The lowest BCUT2D eigenvalue weighted by Crippen LogP contribution is -2.51. The molecule has 2 aromatic carbocycles. The second kappa shape index (κ2) is 6.92. The van der Waals surface area contributed by atoms with Crippen molar-refractivity contribution in [2.75, 3.05) is 4.90 Å². The van der Waals surface area contributed by atoms with Crippen molar-refractivity contribution in [3.05, 3.63) is 77.5 Å². The molecule has 0 unspecified atom stereocenters. The normalized spacial score (nSPS) is 17.9. The summed E-state index contributed by atoms with van der Waals surface area (Å²) >= 11 is 5.24. The smallest absolute Gasteiger partial charge is 0.351 e. The van der Waals surface area contributed by atoms with Crippen LogP contribution in [0.25, 0.3) is 0 Å². The highest BCUT2D eigenvalue weighted by atomic mass is 32.1. The van der Waals surface area contributed by atoms with Gasteiger partial charge < -0.3 is 5.32 Å². The fraction of sp³-hybridized carbons (Fsp3) is 0.158. The number of benzene rings is 2. The fourth-order valence-corrected chi connectivity index (χ4v) is 3.30. The highest BCUT2D eigenvalue weighted by Gasteiger charge is 2.48. The Kier molecular flexibility index (Phi) is 4.82. The Labute approximate surface area is 154 Å². The zero-order valence-electron chi connectivity index (χ0n) is 13.7. The Hall–Kier alpha value is -2.67. The minimum absolute atomic E-state index is 0.109. The van der Waals surface area contributed by atoms with Crippen LogP contribution < -0.4 is 10.2 Å². The van der Waals surface area contributed by atoms with E-state index in [2.05, 4.69) is 5.32 Å². The van der Waals surface area contributed by atoms with Crippen LogP contribution in [-0.2, 0) is 4.79 Å². The van der Waals surface area contributed by atoms with Crippen molar-refractivity contribution in [1.82, 2.24) is 5.32 Å². The van der Waals surface area contributed by atoms with Crippen molar-refractivity contribution in [2.24, 2.45) is 0 Å². The fourth-order valence-electron chi connectivity index (χ4n) is 2.99. The van der Waals surface area contributed by atoms with E-state index >= 15 is 0 Å². The van der Waals surface area contributed by atoms with Gasteiger partial charge in [-0.1, -0.05) is 48.5 Å². The van der Waals surface area contributed by atoms with Crippen molar-refractivity contribution < 1.29 is 18.0 Å². The SMILES string of the molecule is CC(=O)C1=C(C(F)(F)F)N(c2ccccc2)C(=S)N[C@H]1c1ccccc1. The van der Waals surface area contributed by atoms with E-state index in [0.29, 0.717) is 5.56 Å². The number of thiocarbonyl (C=S) groups is 1. The van der Waals surface area contributed by atoms with Gasteiger partial charge in [-0.15, -0.1) is 0 Å². The number of Topliss-reactive ketones (excluding diaryl/α,β-unsaturated/α-hetero) is 1. The first kappa shape index (κ1) is 18.1. The number of hydrogen-bond donors (Lipinski definition) is 1. The molecule has 3 rings (SSSR count). The summed E-state index contributed by atoms with van der Waals surface area (Å²) in [5.41, 5.74) is -0.632. The summed E-state index contributed by atoms with van der Waals surface area (Å²) in [6.45, 7) is 1.14. The molecule has 0 saturated heterocycles. The molecule has 2 aromatic rings. The number of alkyl halides is 3. The summed E-state index contributed by atoms with van der Waals surface area (Å²) in [6.07, 6.45) is -4.75. The third kappa shape index (κ3) is 3.35. The highest BCUT2D eigenvalue weighted by Crippen LogP contribution is 2.41. The molecule has 0 spiro atoms. The van der Waals surface area contributed by atoms with Gasteiger partial charge in [-0.3, -0.25) is 9.69 Å². The molecule has 1 aliphatic rings. The van der Waals surface area contributed by atoms with Crippen molar-refractivity contribution in [1.29, 1.82) is 0 Å². The van der Waals surface area contributed by atoms with Gasteiger partial charge in [0.1, 0.15) is 5.70 Å². The number of nitrogens with zero attached hydrogens (tertiary/aromatic N) is 1. The average molecular weight is 376 g/mol. The molecular formula is C19H15F3N2OS. The lowest BCUT2D eigenvalue weighted by Gasteiger charge is -2.39. The van der Waals surface area contributed by atoms with Gasteiger partial charge >= 0.3 is 6.18 Å². The van der Waals surface area contributed by atoms with Crippen LogP contribution in [0.3, 0.4) is 0 Å². The Morgan fingerprint density at radius 1 is 1.04 bits per heavy atom. The van der Waals surface area contributed by atoms with Crippen molar-refractivity contribution >= 4 is 28.8 Å². The first-order valence-corrected chi connectivity index (χ1v) is 8.24. The molecule has 0 aromatic heterocycles. The average Bonchev–Trinajstić information content (AvgIpc) is 2.61. The van der Waals surface area contributed by atoms with Gasteiger partial charge in [-0.2, -0.15) is 13.2 Å². The second-order valence-corrected chi connectivity index (χ2v) is 6.17. The van der Waals surface area contributed by atoms with E-state index in [9.17, 15) is 18.0 Å². The lowest BCUT2D eigenvalue weighted by atomic mass is 9.91. The van der Waals surface area contributed by atoms with Gasteiger partial charge in [0.25, 0.3) is 0 Å². The van der Waals surface area contributed by atoms with Crippen molar-refractivity contribution in [3.63, 3.8) is 0 Å². The van der Waals surface area contributed by atoms with Crippen LogP contribution in [0.2, 0.25) is 0 Å². The number of ketones is 1. The second-order valence-electron chi connectivity index (χ2n) is 5.78. The summed E-state index contributed by atoms with van der Waals surface area (Å²) < 4.78 is 42.0. The molecule has 0 fully saturated rings. The summed E-state index contributed by atoms with van der Waals surface area (Å²) in [5.74, 6) is -0.665. The van der Waals surface area contributed by atoms with Crippen LogP contribution in [0.4, 0.5) is 18.9 Å². The summed E-state index contributed by atoms with van der Waals surface area (Å²) in [6, 6.07) is 15.5. The molecule has 26 heavy (non-hydrogen) atoms. The number of hydrogen-bond acceptors (Lipinski definition) is 2. The first-order valence-electron chi connectivity index (χ1n) is 7.83.